The minimum atomic E-state index is -0.123. The van der Waals surface area contributed by atoms with Gasteiger partial charge in [0.2, 0.25) is 0 Å². The first-order valence-electron chi connectivity index (χ1n) is 3.28. The van der Waals surface area contributed by atoms with E-state index in [0.717, 1.165) is 25.2 Å². The largest absolute Gasteiger partial charge is 0.391 e. The molecule has 2 nitrogen and oxygen atoms in total. The maximum atomic E-state index is 9.07. The summed E-state index contributed by atoms with van der Waals surface area (Å²) < 4.78 is 0. The van der Waals surface area contributed by atoms with E-state index in [-0.39, 0.29) is 6.10 Å². The predicted octanol–water partition coefficient (Wildman–Crippen LogP) is 0.587. The van der Waals surface area contributed by atoms with Crippen molar-refractivity contribution in [1.82, 2.24) is 4.90 Å². The number of aliphatic hydroxyl groups excluding tert-OH is 1. The first-order chi connectivity index (χ1) is 4.20. The van der Waals surface area contributed by atoms with E-state index in [2.05, 4.69) is 11.5 Å². The molecule has 1 aliphatic heterocycles. The zero-order valence-electron chi connectivity index (χ0n) is 5.80. The zero-order valence-corrected chi connectivity index (χ0v) is 5.80. The van der Waals surface area contributed by atoms with E-state index in [4.69, 9.17) is 5.11 Å². The fraction of sp³-hybridized carbons (Fsp3) is 0.714. The van der Waals surface area contributed by atoms with Crippen molar-refractivity contribution in [3.05, 3.63) is 12.3 Å². The van der Waals surface area contributed by atoms with Crippen molar-refractivity contribution in [1.29, 1.82) is 0 Å². The van der Waals surface area contributed by atoms with Gasteiger partial charge in [-0.2, -0.15) is 0 Å². The molecule has 0 bridgehead atoms. The molecular weight excluding hydrogens is 114 g/mol. The summed E-state index contributed by atoms with van der Waals surface area (Å²) in [4.78, 5) is 2.10. The lowest BCUT2D eigenvalue weighted by Gasteiger charge is -2.16. The maximum absolute atomic E-state index is 9.07. The molecular formula is C7H13NO. The first-order valence-corrected chi connectivity index (χ1v) is 3.28. The van der Waals surface area contributed by atoms with Gasteiger partial charge >= 0.3 is 0 Å². The number of hydrogen-bond donors (Lipinski definition) is 1. The maximum Gasteiger partial charge on any atom is 0.0731 e. The normalized spacial score (nSPS) is 26.9. The van der Waals surface area contributed by atoms with Crippen LogP contribution in [0.1, 0.15) is 13.3 Å². The van der Waals surface area contributed by atoms with Gasteiger partial charge in [0, 0.05) is 18.8 Å². The Morgan fingerprint density at radius 1 is 1.78 bits per heavy atom. The first kappa shape index (κ1) is 6.62. The molecule has 1 rings (SSSR count). The van der Waals surface area contributed by atoms with Crippen LogP contribution in [0.3, 0.4) is 0 Å². The van der Waals surface area contributed by atoms with Gasteiger partial charge in [0.25, 0.3) is 0 Å². The summed E-state index contributed by atoms with van der Waals surface area (Å²) in [6.07, 6.45) is 0.772. The quantitative estimate of drug-likeness (QED) is 0.557. The van der Waals surface area contributed by atoms with Gasteiger partial charge in [0.15, 0.2) is 0 Å². The predicted molar refractivity (Wildman–Crippen MR) is 37.0 cm³/mol. The highest BCUT2D eigenvalue weighted by Crippen LogP contribution is 2.12. The molecule has 0 aromatic rings. The fourth-order valence-electron chi connectivity index (χ4n) is 1.09. The van der Waals surface area contributed by atoms with Crippen LogP contribution in [0.25, 0.3) is 0 Å². The van der Waals surface area contributed by atoms with Crippen LogP contribution >= 0.6 is 0 Å². The average molecular weight is 127 g/mol. The van der Waals surface area contributed by atoms with Crippen molar-refractivity contribution in [2.45, 2.75) is 19.4 Å². The summed E-state index contributed by atoms with van der Waals surface area (Å²) in [6, 6.07) is 0. The van der Waals surface area contributed by atoms with Crippen LogP contribution in [-0.4, -0.2) is 29.2 Å². The molecule has 9 heavy (non-hydrogen) atoms. The molecule has 1 aliphatic rings. The third-order valence-corrected chi connectivity index (χ3v) is 1.70. The van der Waals surface area contributed by atoms with E-state index in [1.54, 1.807) is 0 Å². The minimum Gasteiger partial charge on any atom is -0.391 e. The van der Waals surface area contributed by atoms with Crippen LogP contribution in [0.5, 0.6) is 0 Å². The average Bonchev–Trinajstić information content (AvgIpc) is 2.14. The SMILES string of the molecule is C=C(C)N1CCC(O)C1. The van der Waals surface area contributed by atoms with Crippen molar-refractivity contribution in [2.24, 2.45) is 0 Å². The van der Waals surface area contributed by atoms with Crippen LogP contribution in [-0.2, 0) is 0 Å². The Balaban J connectivity index is 2.39. The van der Waals surface area contributed by atoms with Crippen LogP contribution in [0.2, 0.25) is 0 Å². The molecule has 1 heterocycles. The monoisotopic (exact) mass is 127 g/mol. The summed E-state index contributed by atoms with van der Waals surface area (Å²) in [5.41, 5.74) is 1.06. The van der Waals surface area contributed by atoms with Crippen molar-refractivity contribution in [3.8, 4) is 0 Å². The Morgan fingerprint density at radius 2 is 2.44 bits per heavy atom. The van der Waals surface area contributed by atoms with Crippen LogP contribution in [0.15, 0.2) is 12.3 Å². The smallest absolute Gasteiger partial charge is 0.0731 e. The topological polar surface area (TPSA) is 23.5 Å². The fourth-order valence-corrected chi connectivity index (χ4v) is 1.09. The highest BCUT2D eigenvalue weighted by molar-refractivity contribution is 4.93. The Morgan fingerprint density at radius 3 is 2.67 bits per heavy atom. The van der Waals surface area contributed by atoms with Crippen molar-refractivity contribution < 1.29 is 5.11 Å². The van der Waals surface area contributed by atoms with E-state index in [0.29, 0.717) is 0 Å². The van der Waals surface area contributed by atoms with Gasteiger partial charge in [-0.15, -0.1) is 0 Å². The molecule has 1 fully saturated rings. The Bertz CT molecular complexity index is 122. The summed E-state index contributed by atoms with van der Waals surface area (Å²) in [5.74, 6) is 0. The summed E-state index contributed by atoms with van der Waals surface area (Å²) >= 11 is 0. The number of rotatable bonds is 1. The Labute approximate surface area is 55.8 Å². The molecule has 1 N–H and O–H groups in total. The van der Waals surface area contributed by atoms with Crippen LogP contribution < -0.4 is 0 Å². The van der Waals surface area contributed by atoms with E-state index in [9.17, 15) is 0 Å². The molecule has 1 unspecified atom stereocenters. The molecule has 2 heteroatoms. The summed E-state index contributed by atoms with van der Waals surface area (Å²) in [7, 11) is 0. The van der Waals surface area contributed by atoms with Gasteiger partial charge < -0.3 is 10.0 Å². The van der Waals surface area contributed by atoms with E-state index in [1.807, 2.05) is 6.92 Å². The molecule has 0 amide bonds. The molecule has 0 radical (unpaired) electrons. The summed E-state index contributed by atoms with van der Waals surface area (Å²) in [6.45, 7) is 7.50. The molecule has 0 spiro atoms. The lowest BCUT2D eigenvalue weighted by Crippen LogP contribution is -2.18. The van der Waals surface area contributed by atoms with E-state index >= 15 is 0 Å². The second kappa shape index (κ2) is 2.40. The number of allylic oxidation sites excluding steroid dienone is 1. The molecule has 0 aromatic heterocycles. The van der Waals surface area contributed by atoms with Gasteiger partial charge in [-0.1, -0.05) is 6.58 Å². The van der Waals surface area contributed by atoms with Gasteiger partial charge in [-0.25, -0.2) is 0 Å². The van der Waals surface area contributed by atoms with E-state index in [1.165, 1.54) is 0 Å². The van der Waals surface area contributed by atoms with Gasteiger partial charge in [-0.3, -0.25) is 0 Å². The van der Waals surface area contributed by atoms with Crippen molar-refractivity contribution in [3.63, 3.8) is 0 Å². The minimum absolute atomic E-state index is 0.123. The number of aliphatic hydroxyl groups is 1. The van der Waals surface area contributed by atoms with Crippen molar-refractivity contribution >= 4 is 0 Å². The molecule has 52 valence electrons. The number of nitrogens with zero attached hydrogens (tertiary/aromatic N) is 1. The second-order valence-electron chi connectivity index (χ2n) is 2.62. The third-order valence-electron chi connectivity index (χ3n) is 1.70. The van der Waals surface area contributed by atoms with Crippen molar-refractivity contribution in [2.75, 3.05) is 13.1 Å². The Hall–Kier alpha value is -0.500. The molecule has 0 aromatic carbocycles. The molecule has 0 saturated carbocycles. The molecule has 1 atom stereocenters. The standard InChI is InChI=1S/C7H13NO/c1-6(2)8-4-3-7(9)5-8/h7,9H,1,3-5H2,2H3. The highest BCUT2D eigenvalue weighted by Gasteiger charge is 2.18. The summed E-state index contributed by atoms with van der Waals surface area (Å²) in [5, 5.41) is 9.07. The zero-order chi connectivity index (χ0) is 6.85. The van der Waals surface area contributed by atoms with Gasteiger partial charge in [-0.05, 0) is 13.3 Å². The number of hydrogen-bond acceptors (Lipinski definition) is 2. The number of β-amino-alcohol motifs (C(OH)–C–C–N with tert-alkyl or cyclic N) is 1. The lowest BCUT2D eigenvalue weighted by atomic mass is 10.3. The van der Waals surface area contributed by atoms with Crippen LogP contribution in [0.4, 0.5) is 0 Å². The van der Waals surface area contributed by atoms with Crippen LogP contribution in [0, 0.1) is 0 Å². The second-order valence-corrected chi connectivity index (χ2v) is 2.62. The molecule has 0 aliphatic carbocycles. The van der Waals surface area contributed by atoms with E-state index < -0.39 is 0 Å². The highest BCUT2D eigenvalue weighted by atomic mass is 16.3. The third kappa shape index (κ3) is 1.45. The molecule has 1 saturated heterocycles. The Kier molecular flexibility index (Phi) is 1.76. The lowest BCUT2D eigenvalue weighted by molar-refractivity contribution is 0.184. The van der Waals surface area contributed by atoms with Gasteiger partial charge in [0.05, 0.1) is 6.10 Å². The van der Waals surface area contributed by atoms with Gasteiger partial charge in [0.1, 0.15) is 0 Å². The number of likely N-dealkylation sites (tertiary alicyclic amines) is 1.